The first kappa shape index (κ1) is 25.1. The number of hydrogen-bond donors (Lipinski definition) is 0. The highest BCUT2D eigenvalue weighted by Gasteiger charge is 2.24. The fraction of sp³-hybridized carbons (Fsp3) is 0.0244. The van der Waals surface area contributed by atoms with Crippen LogP contribution >= 0.6 is 11.3 Å². The lowest BCUT2D eigenvalue weighted by Gasteiger charge is -2.14. The summed E-state index contributed by atoms with van der Waals surface area (Å²) in [5, 5.41) is 2.64. The van der Waals surface area contributed by atoms with E-state index in [1.165, 1.54) is 48.0 Å². The molecule has 0 spiro atoms. The molecule has 0 amide bonds. The highest BCUT2D eigenvalue weighted by molar-refractivity contribution is 7.26. The third-order valence-electron chi connectivity index (χ3n) is 8.74. The van der Waals surface area contributed by atoms with Crippen molar-refractivity contribution >= 4 is 37.1 Å². The van der Waals surface area contributed by atoms with E-state index in [0.717, 1.165) is 33.8 Å². The van der Waals surface area contributed by atoms with Crippen molar-refractivity contribution in [2.45, 2.75) is 5.92 Å². The lowest BCUT2D eigenvalue weighted by Crippen LogP contribution is -2.02. The Labute approximate surface area is 260 Å². The second-order valence-electron chi connectivity index (χ2n) is 11.4. The molecule has 2 aliphatic rings. The maximum Gasteiger partial charge on any atom is 0.0940 e. The van der Waals surface area contributed by atoms with Crippen molar-refractivity contribution in [2.24, 2.45) is 0 Å². The van der Waals surface area contributed by atoms with Gasteiger partial charge in [-0.3, -0.25) is 4.98 Å². The van der Waals surface area contributed by atoms with Crippen molar-refractivity contribution in [1.29, 1.82) is 0 Å². The third-order valence-corrected chi connectivity index (χ3v) is 9.96. The summed E-state index contributed by atoms with van der Waals surface area (Å²) in [7, 11) is 0. The Kier molecular flexibility index (Phi) is 5.78. The molecule has 3 heteroatoms. The van der Waals surface area contributed by atoms with Crippen LogP contribution in [-0.4, -0.2) is 9.97 Å². The summed E-state index contributed by atoms with van der Waals surface area (Å²) >= 11 is 1.87. The van der Waals surface area contributed by atoms with Crippen molar-refractivity contribution in [3.05, 3.63) is 163 Å². The van der Waals surface area contributed by atoms with Crippen molar-refractivity contribution in [3.63, 3.8) is 0 Å². The summed E-state index contributed by atoms with van der Waals surface area (Å²) in [5.74, 6) is 0.0865. The smallest absolute Gasteiger partial charge is 0.0940 e. The van der Waals surface area contributed by atoms with Crippen molar-refractivity contribution in [3.8, 4) is 44.8 Å². The van der Waals surface area contributed by atoms with Gasteiger partial charge in [-0.15, -0.1) is 11.3 Å². The zero-order valence-electron chi connectivity index (χ0n) is 23.8. The summed E-state index contributed by atoms with van der Waals surface area (Å²) < 4.78 is 2.66. The van der Waals surface area contributed by atoms with Gasteiger partial charge in [0.2, 0.25) is 0 Å². The van der Waals surface area contributed by atoms with Crippen LogP contribution in [0.2, 0.25) is 0 Å². The monoisotopic (exact) mass is 578 g/mol. The number of benzene rings is 5. The molecular weight excluding hydrogens is 553 g/mol. The van der Waals surface area contributed by atoms with Gasteiger partial charge in [-0.05, 0) is 51.6 Å². The number of nitrogens with zero attached hydrogens (tertiary/aromatic N) is 2. The highest BCUT2D eigenvalue weighted by atomic mass is 32.1. The van der Waals surface area contributed by atoms with E-state index in [1.54, 1.807) is 0 Å². The molecule has 7 aromatic rings. The average molecular weight is 579 g/mol. The topological polar surface area (TPSA) is 25.8 Å². The van der Waals surface area contributed by atoms with E-state index in [1.807, 2.05) is 17.5 Å². The first-order valence-electron chi connectivity index (χ1n) is 15.0. The largest absolute Gasteiger partial charge is 0.256 e. The van der Waals surface area contributed by atoms with Crippen LogP contribution in [-0.2, 0) is 0 Å². The van der Waals surface area contributed by atoms with Gasteiger partial charge in [0.15, 0.2) is 0 Å². The Morgan fingerprint density at radius 3 is 2.20 bits per heavy atom. The predicted octanol–water partition coefficient (Wildman–Crippen LogP) is 11.1. The fourth-order valence-electron chi connectivity index (χ4n) is 6.62. The third kappa shape index (κ3) is 4.09. The molecular formula is C41H26N2S. The molecule has 0 N–H and O–H groups in total. The average Bonchev–Trinajstić information content (AvgIpc) is 3.22. The van der Waals surface area contributed by atoms with Gasteiger partial charge in [0.25, 0.3) is 0 Å². The second-order valence-corrected chi connectivity index (χ2v) is 12.4. The second kappa shape index (κ2) is 10.1. The maximum absolute atomic E-state index is 5.28. The summed E-state index contributed by atoms with van der Waals surface area (Å²) in [5.41, 5.74) is 12.3. The quantitative estimate of drug-likeness (QED) is 0.208. The molecule has 0 radical (unpaired) electrons. The Hall–Kier alpha value is -5.38. The minimum atomic E-state index is 0.0865. The Morgan fingerprint density at radius 1 is 0.591 bits per heavy atom. The fourth-order valence-corrected chi connectivity index (χ4v) is 7.86. The molecule has 0 fully saturated rings. The number of thiophene rings is 1. The van der Waals surface area contributed by atoms with E-state index in [-0.39, 0.29) is 5.92 Å². The molecule has 5 aromatic carbocycles. The lowest BCUT2D eigenvalue weighted by molar-refractivity contribution is 0.980. The van der Waals surface area contributed by atoms with Crippen LogP contribution in [0.15, 0.2) is 152 Å². The Bertz CT molecular complexity index is 2350. The Morgan fingerprint density at radius 2 is 1.30 bits per heavy atom. The van der Waals surface area contributed by atoms with Gasteiger partial charge in [0.05, 0.1) is 23.3 Å². The van der Waals surface area contributed by atoms with Gasteiger partial charge in [0.1, 0.15) is 0 Å². The normalized spacial score (nSPS) is 15.0. The highest BCUT2D eigenvalue weighted by Crippen LogP contribution is 2.42. The molecule has 2 bridgehead atoms. The van der Waals surface area contributed by atoms with E-state index < -0.39 is 0 Å². The molecule has 1 atom stereocenters. The molecule has 2 aromatic heterocycles. The SMILES string of the molecule is C1=CC2=CC(C=C1)c1ncc(-c3cccc(-c4cccc(-c5cccc6c5sc5ccccc56)c4)c3)nc1-c1ccccc12. The standard InChI is InChI=1S/C41H26N2S/c1-2-11-31-24-28(10-1)32-16-3-4-18-35(32)40-39(31)42-25-37(43-40)30-15-8-13-27(23-30)26-12-7-14-29(22-26)33-19-9-20-36-34-17-5-6-21-38(34)44-41(33)36/h1-25,31H. The van der Waals surface area contributed by atoms with Crippen LogP contribution in [0, 0.1) is 0 Å². The van der Waals surface area contributed by atoms with Crippen LogP contribution in [0.3, 0.4) is 0 Å². The molecule has 2 aliphatic carbocycles. The number of fused-ring (bicyclic) bond motifs is 9. The first-order chi connectivity index (χ1) is 21.8. The minimum absolute atomic E-state index is 0.0865. The maximum atomic E-state index is 5.28. The van der Waals surface area contributed by atoms with Crippen LogP contribution in [0.4, 0.5) is 0 Å². The number of rotatable bonds is 3. The first-order valence-corrected chi connectivity index (χ1v) is 15.8. The molecule has 44 heavy (non-hydrogen) atoms. The van der Waals surface area contributed by atoms with E-state index in [2.05, 4.69) is 146 Å². The van der Waals surface area contributed by atoms with E-state index in [0.29, 0.717) is 0 Å². The summed E-state index contributed by atoms with van der Waals surface area (Å²) in [6.07, 6.45) is 12.8. The molecule has 0 aliphatic heterocycles. The van der Waals surface area contributed by atoms with Crippen LogP contribution in [0.25, 0.3) is 70.5 Å². The van der Waals surface area contributed by atoms with Crippen LogP contribution in [0.5, 0.6) is 0 Å². The number of allylic oxidation sites excluding steroid dienone is 6. The summed E-state index contributed by atoms with van der Waals surface area (Å²) in [4.78, 5) is 10.3. The van der Waals surface area contributed by atoms with Gasteiger partial charge in [0, 0.05) is 37.2 Å². The zero-order valence-corrected chi connectivity index (χ0v) is 24.6. The molecule has 1 unspecified atom stereocenters. The van der Waals surface area contributed by atoms with E-state index in [9.17, 15) is 0 Å². The summed E-state index contributed by atoms with van der Waals surface area (Å²) in [6.45, 7) is 0. The van der Waals surface area contributed by atoms with Crippen molar-refractivity contribution in [1.82, 2.24) is 9.97 Å². The molecule has 9 rings (SSSR count). The van der Waals surface area contributed by atoms with Gasteiger partial charge < -0.3 is 0 Å². The van der Waals surface area contributed by atoms with Gasteiger partial charge in [-0.2, -0.15) is 0 Å². The van der Waals surface area contributed by atoms with Crippen LogP contribution in [0.1, 0.15) is 17.2 Å². The van der Waals surface area contributed by atoms with E-state index in [4.69, 9.17) is 9.97 Å². The molecule has 0 saturated carbocycles. The van der Waals surface area contributed by atoms with E-state index >= 15 is 0 Å². The minimum Gasteiger partial charge on any atom is -0.256 e. The van der Waals surface area contributed by atoms with Crippen LogP contribution < -0.4 is 0 Å². The molecule has 2 heterocycles. The van der Waals surface area contributed by atoms with Gasteiger partial charge in [-0.25, -0.2) is 4.98 Å². The molecule has 0 saturated heterocycles. The number of hydrogen-bond acceptors (Lipinski definition) is 3. The molecule has 206 valence electrons. The Balaban J connectivity index is 1.13. The molecule has 2 nitrogen and oxygen atoms in total. The van der Waals surface area contributed by atoms with Gasteiger partial charge in [-0.1, -0.05) is 127 Å². The number of aromatic nitrogens is 2. The summed E-state index contributed by atoms with van der Waals surface area (Å²) in [6, 6.07) is 41.5. The zero-order chi connectivity index (χ0) is 29.0. The van der Waals surface area contributed by atoms with Gasteiger partial charge >= 0.3 is 0 Å². The predicted molar refractivity (Wildman–Crippen MR) is 186 cm³/mol. The van der Waals surface area contributed by atoms with Crippen molar-refractivity contribution in [2.75, 3.05) is 0 Å². The van der Waals surface area contributed by atoms with Crippen molar-refractivity contribution < 1.29 is 0 Å². The lowest BCUT2D eigenvalue weighted by atomic mass is 9.96.